The van der Waals surface area contributed by atoms with Crippen LogP contribution in [0.2, 0.25) is 0 Å². The third-order valence-corrected chi connectivity index (χ3v) is 5.50. The summed E-state index contributed by atoms with van der Waals surface area (Å²) >= 11 is 0. The molecule has 1 N–H and O–H groups in total. The van der Waals surface area contributed by atoms with Crippen molar-refractivity contribution in [3.05, 3.63) is 75.8 Å². The van der Waals surface area contributed by atoms with Gasteiger partial charge in [0.05, 0.1) is 5.52 Å². The maximum absolute atomic E-state index is 14.3. The molecule has 2 aromatic carbocycles. The second-order valence-electron chi connectivity index (χ2n) is 7.21. The van der Waals surface area contributed by atoms with E-state index in [9.17, 15) is 14.3 Å². The summed E-state index contributed by atoms with van der Waals surface area (Å²) in [5, 5.41) is 16.3. The number of halogens is 1. The molecule has 7 nitrogen and oxygen atoms in total. The molecule has 0 unspecified atom stereocenters. The predicted molar refractivity (Wildman–Crippen MR) is 110 cm³/mol. The van der Waals surface area contributed by atoms with E-state index < -0.39 is 11.4 Å². The fourth-order valence-corrected chi connectivity index (χ4v) is 3.92. The number of fused-ring (bicyclic) bond motifs is 4. The molecule has 0 amide bonds. The standard InChI is InChI=1S/C22H18FN5O2/c1-3-14-20(29)27(12-13-8-4-6-10-16(13)23)22-24-19-18(25-28(22)21(14)30)15-9-5-7-11-17(15)26(19)2/h4-11H,3,12H2,1-2H3/p+1. The van der Waals surface area contributed by atoms with E-state index in [-0.39, 0.29) is 23.8 Å². The molecule has 0 aliphatic rings. The number of aromatic nitrogens is 5. The highest BCUT2D eigenvalue weighted by atomic mass is 19.1. The van der Waals surface area contributed by atoms with Crippen LogP contribution in [0, 0.1) is 5.82 Å². The minimum absolute atomic E-state index is 0.0133. The van der Waals surface area contributed by atoms with Gasteiger partial charge >= 0.3 is 11.3 Å². The minimum Gasteiger partial charge on any atom is -0.483 e. The molecule has 0 aliphatic heterocycles. The maximum Gasteiger partial charge on any atom is 0.431 e. The van der Waals surface area contributed by atoms with E-state index in [1.807, 2.05) is 35.9 Å². The summed E-state index contributed by atoms with van der Waals surface area (Å²) in [6.45, 7) is 1.79. The van der Waals surface area contributed by atoms with Gasteiger partial charge in [-0.1, -0.05) is 52.9 Å². The van der Waals surface area contributed by atoms with Crippen LogP contribution in [0.5, 0.6) is 5.88 Å². The lowest BCUT2D eigenvalue weighted by Crippen LogP contribution is -2.44. The Bertz CT molecular complexity index is 1520. The number of para-hydroxylation sites is 1. The number of aromatic hydroxyl groups is 1. The van der Waals surface area contributed by atoms with Crippen LogP contribution in [-0.4, -0.2) is 24.3 Å². The summed E-state index contributed by atoms with van der Waals surface area (Å²) in [6.07, 6.45) is 0.306. The van der Waals surface area contributed by atoms with Gasteiger partial charge in [-0.3, -0.25) is 0 Å². The first-order chi connectivity index (χ1) is 14.5. The first-order valence-electron chi connectivity index (χ1n) is 9.66. The predicted octanol–water partition coefficient (Wildman–Crippen LogP) is 2.48. The highest BCUT2D eigenvalue weighted by molar-refractivity contribution is 6.04. The molecule has 0 spiro atoms. The van der Waals surface area contributed by atoms with Crippen LogP contribution in [-0.2, 0) is 20.0 Å². The van der Waals surface area contributed by atoms with Crippen molar-refractivity contribution in [1.29, 1.82) is 0 Å². The van der Waals surface area contributed by atoms with Crippen LogP contribution in [0.15, 0.2) is 53.3 Å². The monoisotopic (exact) mass is 404 g/mol. The fraction of sp³-hybridized carbons (Fsp3) is 0.182. The van der Waals surface area contributed by atoms with Crippen molar-refractivity contribution in [3.63, 3.8) is 0 Å². The average Bonchev–Trinajstić information content (AvgIpc) is 3.04. The second kappa shape index (κ2) is 6.62. The first kappa shape index (κ1) is 18.2. The molecule has 0 radical (unpaired) electrons. The second-order valence-corrected chi connectivity index (χ2v) is 7.21. The molecule has 150 valence electrons. The number of hydrogen-bond donors (Lipinski definition) is 1. The highest BCUT2D eigenvalue weighted by Gasteiger charge is 2.27. The van der Waals surface area contributed by atoms with Gasteiger partial charge in [0.15, 0.2) is 5.52 Å². The zero-order valence-corrected chi connectivity index (χ0v) is 16.5. The van der Waals surface area contributed by atoms with Gasteiger partial charge in [0.1, 0.15) is 17.9 Å². The van der Waals surface area contributed by atoms with E-state index >= 15 is 0 Å². The molecule has 5 rings (SSSR count). The van der Waals surface area contributed by atoms with E-state index in [0.29, 0.717) is 23.1 Å². The number of aryl methyl sites for hydroxylation is 1. The van der Waals surface area contributed by atoms with Crippen LogP contribution in [0.3, 0.4) is 0 Å². The summed E-state index contributed by atoms with van der Waals surface area (Å²) in [5.74, 6) is -0.472. The van der Waals surface area contributed by atoms with Crippen LogP contribution in [0.25, 0.3) is 27.8 Å². The van der Waals surface area contributed by atoms with Crippen LogP contribution in [0.4, 0.5) is 4.39 Å². The van der Waals surface area contributed by atoms with Crippen molar-refractivity contribution in [2.75, 3.05) is 0 Å². The molecule has 8 heteroatoms. The largest absolute Gasteiger partial charge is 0.483 e. The Morgan fingerprint density at radius 2 is 1.87 bits per heavy atom. The van der Waals surface area contributed by atoms with Gasteiger partial charge in [-0.25, -0.2) is 9.18 Å². The summed E-state index contributed by atoms with van der Waals surface area (Å²) in [5.41, 5.74) is 2.24. The first-order valence-corrected chi connectivity index (χ1v) is 9.66. The van der Waals surface area contributed by atoms with E-state index in [4.69, 9.17) is 0 Å². The molecule has 0 saturated heterocycles. The summed E-state index contributed by atoms with van der Waals surface area (Å²) < 4.78 is 18.8. The molecule has 0 saturated carbocycles. The van der Waals surface area contributed by atoms with Gasteiger partial charge in [-0.05, 0) is 23.5 Å². The normalized spacial score (nSPS) is 11.7. The Morgan fingerprint density at radius 1 is 1.13 bits per heavy atom. The Hall–Kier alpha value is -3.81. The van der Waals surface area contributed by atoms with Crippen LogP contribution in [0.1, 0.15) is 18.1 Å². The van der Waals surface area contributed by atoms with Crippen molar-refractivity contribution in [3.8, 4) is 5.88 Å². The lowest BCUT2D eigenvalue weighted by atomic mass is 10.2. The minimum atomic E-state index is -0.433. The highest BCUT2D eigenvalue weighted by Crippen LogP contribution is 2.25. The van der Waals surface area contributed by atoms with E-state index in [0.717, 1.165) is 10.9 Å². The lowest BCUT2D eigenvalue weighted by Gasteiger charge is -2.09. The Kier molecular flexibility index (Phi) is 4.02. The Labute approximate surface area is 170 Å². The average molecular weight is 404 g/mol. The Balaban J connectivity index is 1.92. The van der Waals surface area contributed by atoms with Crippen molar-refractivity contribution < 1.29 is 14.1 Å². The third-order valence-electron chi connectivity index (χ3n) is 5.50. The summed E-state index contributed by atoms with van der Waals surface area (Å²) in [7, 11) is 1.87. The van der Waals surface area contributed by atoms with Gasteiger partial charge in [-0.15, -0.1) is 0 Å². The number of benzene rings is 2. The molecule has 5 aromatic rings. The maximum atomic E-state index is 14.3. The molecule has 0 fully saturated rings. The SMILES string of the molecule is CCc1c(O)[n+](Cc2ccccc2F)c2nc3c(nn2c1=O)c1ccccc1n3C. The number of nitrogens with zero attached hydrogens (tertiary/aromatic N) is 5. The molecule has 30 heavy (non-hydrogen) atoms. The molecular formula is C22H19FN5O2+. The zero-order valence-electron chi connectivity index (χ0n) is 16.5. The van der Waals surface area contributed by atoms with Crippen molar-refractivity contribution in [2.24, 2.45) is 7.05 Å². The topological polar surface area (TPSA) is 76.3 Å². The fourth-order valence-electron chi connectivity index (χ4n) is 3.92. The van der Waals surface area contributed by atoms with E-state index in [1.165, 1.54) is 15.1 Å². The molecular weight excluding hydrogens is 385 g/mol. The van der Waals surface area contributed by atoms with Gasteiger partial charge in [0, 0.05) is 18.0 Å². The number of hydrogen-bond acceptors (Lipinski definition) is 4. The van der Waals surface area contributed by atoms with Crippen molar-refractivity contribution in [1.82, 2.24) is 19.2 Å². The summed E-state index contributed by atoms with van der Waals surface area (Å²) in [6, 6.07) is 14.0. The smallest absolute Gasteiger partial charge is 0.431 e. The van der Waals surface area contributed by atoms with Gasteiger partial charge in [0.25, 0.3) is 5.88 Å². The van der Waals surface area contributed by atoms with Crippen molar-refractivity contribution in [2.45, 2.75) is 19.9 Å². The molecule has 0 bridgehead atoms. The van der Waals surface area contributed by atoms with Gasteiger partial charge < -0.3 is 9.67 Å². The summed E-state index contributed by atoms with van der Waals surface area (Å²) in [4.78, 5) is 17.7. The van der Waals surface area contributed by atoms with E-state index in [2.05, 4.69) is 10.1 Å². The number of rotatable bonds is 3. The molecule has 0 atom stereocenters. The molecule has 3 heterocycles. The zero-order chi connectivity index (χ0) is 21.0. The van der Waals surface area contributed by atoms with E-state index in [1.54, 1.807) is 25.1 Å². The quantitative estimate of drug-likeness (QED) is 0.469. The molecule has 0 aliphatic carbocycles. The Morgan fingerprint density at radius 3 is 2.63 bits per heavy atom. The van der Waals surface area contributed by atoms with Gasteiger partial charge in [0.2, 0.25) is 5.65 Å². The van der Waals surface area contributed by atoms with Gasteiger partial charge in [-0.2, -0.15) is 4.57 Å². The van der Waals surface area contributed by atoms with Crippen LogP contribution < -0.4 is 10.1 Å². The lowest BCUT2D eigenvalue weighted by molar-refractivity contribution is -0.675. The van der Waals surface area contributed by atoms with Crippen molar-refractivity contribution >= 4 is 27.8 Å². The molecule has 3 aromatic heterocycles. The van der Waals surface area contributed by atoms with Crippen LogP contribution >= 0.6 is 0 Å². The third kappa shape index (κ3) is 2.50.